The van der Waals surface area contributed by atoms with Crippen molar-refractivity contribution in [2.75, 3.05) is 37.8 Å². The number of para-hydroxylation sites is 1. The topological polar surface area (TPSA) is 99.2 Å². The molecule has 3 N–H and O–H groups in total. The Morgan fingerprint density at radius 1 is 0.780 bits per heavy atom. The smallest absolute Gasteiger partial charge is 0.255 e. The molecule has 0 radical (unpaired) electrons. The summed E-state index contributed by atoms with van der Waals surface area (Å²) < 4.78 is 0. The second-order valence-corrected chi connectivity index (χ2v) is 10.0. The van der Waals surface area contributed by atoms with E-state index in [0.717, 1.165) is 40.0 Å². The molecule has 1 heterocycles. The van der Waals surface area contributed by atoms with Crippen LogP contribution in [0.3, 0.4) is 0 Å². The lowest BCUT2D eigenvalue weighted by Gasteiger charge is -2.13. The van der Waals surface area contributed by atoms with E-state index in [1.807, 2.05) is 98.7 Å². The van der Waals surface area contributed by atoms with E-state index < -0.39 is 0 Å². The number of aryl methyl sites for hydroxylation is 1. The third-order valence-electron chi connectivity index (χ3n) is 6.65. The van der Waals surface area contributed by atoms with Gasteiger partial charge in [0.15, 0.2) is 0 Å². The number of amides is 2. The summed E-state index contributed by atoms with van der Waals surface area (Å²) in [5.41, 5.74) is 5.88. The average Bonchev–Trinajstić information content (AvgIpc) is 2.98. The van der Waals surface area contributed by atoms with E-state index in [1.54, 1.807) is 24.3 Å². The number of hydrogen-bond donors (Lipinski definition) is 3. The Kier molecular flexibility index (Phi) is 8.31. The normalized spacial score (nSPS) is 10.9. The van der Waals surface area contributed by atoms with E-state index in [2.05, 4.69) is 16.0 Å². The SMILES string of the molecule is Cc1ccc(C(=O)NCCN(C)C)cc1NC(=O)c1ccc(Nc2nc(-c3ccccc3)c3ccccc3n2)cc1. The standard InChI is InChI=1S/C33H32N6O2/c1-22-13-14-25(31(40)34-19-20-39(2)3)21-29(22)36-32(41)24-15-17-26(18-16-24)35-33-37-28-12-8-7-11-27(28)30(38-33)23-9-5-4-6-10-23/h4-18,21H,19-20H2,1-3H3,(H,34,40)(H,36,41)(H,35,37,38). The van der Waals surface area contributed by atoms with Gasteiger partial charge in [-0.15, -0.1) is 0 Å². The number of carbonyl (C=O) groups is 2. The molecule has 0 aliphatic heterocycles. The lowest BCUT2D eigenvalue weighted by atomic mass is 10.1. The fraction of sp³-hybridized carbons (Fsp3) is 0.152. The van der Waals surface area contributed by atoms with E-state index in [-0.39, 0.29) is 11.8 Å². The van der Waals surface area contributed by atoms with Crippen molar-refractivity contribution < 1.29 is 9.59 Å². The molecule has 5 rings (SSSR count). The first kappa shape index (κ1) is 27.5. The highest BCUT2D eigenvalue weighted by atomic mass is 16.2. The van der Waals surface area contributed by atoms with Gasteiger partial charge in [0.1, 0.15) is 0 Å². The van der Waals surface area contributed by atoms with Gasteiger partial charge in [-0.05, 0) is 69.0 Å². The Morgan fingerprint density at radius 3 is 2.24 bits per heavy atom. The number of hydrogen-bond acceptors (Lipinski definition) is 6. The molecule has 1 aromatic heterocycles. The van der Waals surface area contributed by atoms with Gasteiger partial charge in [-0.3, -0.25) is 9.59 Å². The van der Waals surface area contributed by atoms with Crippen molar-refractivity contribution >= 4 is 40.0 Å². The lowest BCUT2D eigenvalue weighted by Crippen LogP contribution is -2.31. The minimum absolute atomic E-state index is 0.177. The van der Waals surface area contributed by atoms with Gasteiger partial charge in [0.05, 0.1) is 11.2 Å². The van der Waals surface area contributed by atoms with Gasteiger partial charge in [0.2, 0.25) is 5.95 Å². The molecule has 0 saturated heterocycles. The Morgan fingerprint density at radius 2 is 1.49 bits per heavy atom. The molecule has 0 aliphatic carbocycles. The third kappa shape index (κ3) is 6.74. The number of nitrogens with zero attached hydrogens (tertiary/aromatic N) is 3. The van der Waals surface area contributed by atoms with Crippen molar-refractivity contribution in [2.24, 2.45) is 0 Å². The quantitative estimate of drug-likeness (QED) is 0.214. The zero-order valence-electron chi connectivity index (χ0n) is 23.3. The molecule has 206 valence electrons. The first-order chi connectivity index (χ1) is 19.9. The Balaban J connectivity index is 1.30. The van der Waals surface area contributed by atoms with Crippen LogP contribution in [0.4, 0.5) is 17.3 Å². The van der Waals surface area contributed by atoms with Crippen LogP contribution < -0.4 is 16.0 Å². The Hall–Kier alpha value is -5.08. The Labute approximate surface area is 239 Å². The Bertz CT molecular complexity index is 1680. The molecule has 0 bridgehead atoms. The molecular weight excluding hydrogens is 512 g/mol. The van der Waals surface area contributed by atoms with Crippen molar-refractivity contribution in [3.63, 3.8) is 0 Å². The molecular formula is C33H32N6O2. The number of rotatable bonds is 9. The first-order valence-electron chi connectivity index (χ1n) is 13.4. The van der Waals surface area contributed by atoms with E-state index in [9.17, 15) is 9.59 Å². The summed E-state index contributed by atoms with van der Waals surface area (Å²) in [5, 5.41) is 10.1. The number of anilines is 3. The van der Waals surface area contributed by atoms with Gasteiger partial charge in [-0.2, -0.15) is 0 Å². The third-order valence-corrected chi connectivity index (χ3v) is 6.65. The summed E-state index contributed by atoms with van der Waals surface area (Å²) in [6.07, 6.45) is 0. The van der Waals surface area contributed by atoms with E-state index in [1.165, 1.54) is 0 Å². The number of aromatic nitrogens is 2. The van der Waals surface area contributed by atoms with Crippen molar-refractivity contribution in [1.29, 1.82) is 0 Å². The molecule has 2 amide bonds. The number of benzene rings is 4. The van der Waals surface area contributed by atoms with Crippen LogP contribution in [0.25, 0.3) is 22.2 Å². The van der Waals surface area contributed by atoms with Crippen LogP contribution >= 0.6 is 0 Å². The zero-order valence-corrected chi connectivity index (χ0v) is 23.3. The lowest BCUT2D eigenvalue weighted by molar-refractivity contribution is 0.0949. The predicted octanol–water partition coefficient (Wildman–Crippen LogP) is 5.89. The monoisotopic (exact) mass is 544 g/mol. The van der Waals surface area contributed by atoms with Gasteiger partial charge in [-0.25, -0.2) is 9.97 Å². The first-order valence-corrected chi connectivity index (χ1v) is 13.4. The summed E-state index contributed by atoms with van der Waals surface area (Å²) in [6, 6.07) is 30.3. The van der Waals surface area contributed by atoms with Crippen LogP contribution in [0, 0.1) is 6.92 Å². The van der Waals surface area contributed by atoms with Gasteiger partial charge in [-0.1, -0.05) is 54.6 Å². The maximum atomic E-state index is 13.0. The summed E-state index contributed by atoms with van der Waals surface area (Å²) >= 11 is 0. The molecule has 0 unspecified atom stereocenters. The minimum atomic E-state index is -0.266. The largest absolute Gasteiger partial charge is 0.351 e. The number of nitrogens with one attached hydrogen (secondary N) is 3. The van der Waals surface area contributed by atoms with E-state index in [4.69, 9.17) is 9.97 Å². The maximum Gasteiger partial charge on any atom is 0.255 e. The highest BCUT2D eigenvalue weighted by Gasteiger charge is 2.13. The maximum absolute atomic E-state index is 13.0. The van der Waals surface area contributed by atoms with Crippen LogP contribution in [0.2, 0.25) is 0 Å². The number of carbonyl (C=O) groups excluding carboxylic acids is 2. The van der Waals surface area contributed by atoms with Crippen molar-refractivity contribution in [3.05, 3.63) is 114 Å². The molecule has 8 nitrogen and oxygen atoms in total. The van der Waals surface area contributed by atoms with Crippen LogP contribution in [0.1, 0.15) is 26.3 Å². The van der Waals surface area contributed by atoms with Crippen molar-refractivity contribution in [1.82, 2.24) is 20.2 Å². The van der Waals surface area contributed by atoms with Gasteiger partial charge in [0.25, 0.3) is 11.8 Å². The van der Waals surface area contributed by atoms with Crippen LogP contribution in [0.5, 0.6) is 0 Å². The van der Waals surface area contributed by atoms with E-state index >= 15 is 0 Å². The number of fused-ring (bicyclic) bond motifs is 1. The van der Waals surface area contributed by atoms with Crippen molar-refractivity contribution in [3.8, 4) is 11.3 Å². The minimum Gasteiger partial charge on any atom is -0.351 e. The molecule has 0 aliphatic rings. The van der Waals surface area contributed by atoms with Gasteiger partial charge < -0.3 is 20.9 Å². The molecule has 8 heteroatoms. The van der Waals surface area contributed by atoms with E-state index in [0.29, 0.717) is 29.3 Å². The highest BCUT2D eigenvalue weighted by Crippen LogP contribution is 2.28. The summed E-state index contributed by atoms with van der Waals surface area (Å²) in [4.78, 5) is 37.1. The zero-order chi connectivity index (χ0) is 28.8. The van der Waals surface area contributed by atoms with Gasteiger partial charge >= 0.3 is 0 Å². The summed E-state index contributed by atoms with van der Waals surface area (Å²) in [7, 11) is 3.90. The molecule has 5 aromatic rings. The summed E-state index contributed by atoms with van der Waals surface area (Å²) in [5.74, 6) is 0.0262. The second kappa shape index (κ2) is 12.4. The second-order valence-electron chi connectivity index (χ2n) is 10.0. The fourth-order valence-electron chi connectivity index (χ4n) is 4.37. The average molecular weight is 545 g/mol. The van der Waals surface area contributed by atoms with Crippen LogP contribution in [0.15, 0.2) is 97.1 Å². The summed E-state index contributed by atoms with van der Waals surface area (Å²) in [6.45, 7) is 3.18. The van der Waals surface area contributed by atoms with Gasteiger partial charge in [0, 0.05) is 46.5 Å². The van der Waals surface area contributed by atoms with Crippen LogP contribution in [-0.2, 0) is 0 Å². The number of likely N-dealkylation sites (N-methyl/N-ethyl adjacent to an activating group) is 1. The fourth-order valence-corrected chi connectivity index (χ4v) is 4.37. The molecule has 0 atom stereocenters. The molecule has 41 heavy (non-hydrogen) atoms. The van der Waals surface area contributed by atoms with Crippen LogP contribution in [-0.4, -0.2) is 53.9 Å². The highest BCUT2D eigenvalue weighted by molar-refractivity contribution is 6.06. The predicted molar refractivity (Wildman–Crippen MR) is 165 cm³/mol. The molecule has 0 fully saturated rings. The molecule has 0 spiro atoms. The molecule has 0 saturated carbocycles. The molecule has 4 aromatic carbocycles. The van der Waals surface area contributed by atoms with Crippen molar-refractivity contribution in [2.45, 2.75) is 6.92 Å².